The Morgan fingerprint density at radius 2 is 1.58 bits per heavy atom. The molecule has 0 aliphatic carbocycles. The predicted octanol–water partition coefficient (Wildman–Crippen LogP) is 3.96. The zero-order valence-electron chi connectivity index (χ0n) is 9.30. The third-order valence-electron chi connectivity index (χ3n) is 2.87. The summed E-state index contributed by atoms with van der Waals surface area (Å²) in [5, 5.41) is 0. The maximum absolute atomic E-state index is 2.93. The van der Waals surface area contributed by atoms with Crippen LogP contribution in [0.3, 0.4) is 0 Å². The maximum Gasteiger partial charge on any atom is -0.0264 e. The van der Waals surface area contributed by atoms with Crippen molar-refractivity contribution in [2.45, 2.75) is 53.1 Å². The van der Waals surface area contributed by atoms with E-state index < -0.39 is 0 Å². The second-order valence-electron chi connectivity index (χ2n) is 4.52. The molecule has 0 N–H and O–H groups in total. The van der Waals surface area contributed by atoms with E-state index in [-0.39, 0.29) is 0 Å². The molecule has 4 unspecified atom stereocenters. The Morgan fingerprint density at radius 3 is 1.83 bits per heavy atom. The molecule has 0 rings (SSSR count). The highest BCUT2D eigenvalue weighted by molar-refractivity contribution is 7.17. The smallest absolute Gasteiger partial charge is 0.0264 e. The van der Waals surface area contributed by atoms with E-state index in [1.54, 1.807) is 0 Å². The van der Waals surface area contributed by atoms with Crippen LogP contribution in [-0.2, 0) is 0 Å². The molecule has 0 fully saturated rings. The van der Waals surface area contributed by atoms with E-state index in [4.69, 9.17) is 0 Å². The van der Waals surface area contributed by atoms with Crippen LogP contribution in [0.1, 0.15) is 47.5 Å². The quantitative estimate of drug-likeness (QED) is 0.573. The van der Waals surface area contributed by atoms with Gasteiger partial charge in [-0.15, -0.1) is 9.24 Å². The van der Waals surface area contributed by atoms with Gasteiger partial charge in [-0.3, -0.25) is 0 Å². The van der Waals surface area contributed by atoms with Gasteiger partial charge in [-0.2, -0.15) is 0 Å². The second-order valence-corrected chi connectivity index (χ2v) is 5.57. The van der Waals surface area contributed by atoms with Gasteiger partial charge < -0.3 is 0 Å². The molecule has 0 bridgehead atoms. The van der Waals surface area contributed by atoms with Crippen molar-refractivity contribution in [2.75, 3.05) is 0 Å². The monoisotopic (exact) mass is 188 g/mol. The largest absolute Gasteiger partial charge is 0.134 e. The number of hydrogen-bond acceptors (Lipinski definition) is 0. The normalized spacial score (nSPS) is 19.2. The van der Waals surface area contributed by atoms with Crippen molar-refractivity contribution in [2.24, 2.45) is 17.8 Å². The summed E-state index contributed by atoms with van der Waals surface area (Å²) < 4.78 is 0. The fourth-order valence-corrected chi connectivity index (χ4v) is 2.10. The molecule has 0 nitrogen and oxygen atoms in total. The van der Waals surface area contributed by atoms with Crippen LogP contribution in [0.15, 0.2) is 0 Å². The molecule has 74 valence electrons. The predicted molar refractivity (Wildman–Crippen MR) is 61.6 cm³/mol. The van der Waals surface area contributed by atoms with Crippen LogP contribution in [-0.4, -0.2) is 5.66 Å². The molecule has 0 aliphatic heterocycles. The standard InChI is InChI=1S/C11H25P/c1-6-11(7-8(2)3)9(4)10(5)12/h8-11H,6-7,12H2,1-5H3. The minimum atomic E-state index is 0.758. The SMILES string of the molecule is CCC(CC(C)C)C(C)C(C)P. The topological polar surface area (TPSA) is 0 Å². The molecule has 0 aromatic carbocycles. The lowest BCUT2D eigenvalue weighted by Gasteiger charge is -2.27. The van der Waals surface area contributed by atoms with E-state index >= 15 is 0 Å². The fraction of sp³-hybridized carbons (Fsp3) is 1.00. The molecule has 0 aromatic heterocycles. The summed E-state index contributed by atoms with van der Waals surface area (Å²) in [6.07, 6.45) is 2.72. The fourth-order valence-electron chi connectivity index (χ4n) is 1.79. The van der Waals surface area contributed by atoms with Gasteiger partial charge in [0.15, 0.2) is 0 Å². The van der Waals surface area contributed by atoms with Crippen LogP contribution in [0.2, 0.25) is 0 Å². The van der Waals surface area contributed by atoms with Crippen molar-refractivity contribution < 1.29 is 0 Å². The summed E-state index contributed by atoms with van der Waals surface area (Å²) in [4.78, 5) is 0. The average molecular weight is 188 g/mol. The van der Waals surface area contributed by atoms with E-state index in [9.17, 15) is 0 Å². The summed E-state index contributed by atoms with van der Waals surface area (Å²) in [6.45, 7) is 11.6. The first-order valence-electron chi connectivity index (χ1n) is 5.24. The lowest BCUT2D eigenvalue weighted by Crippen LogP contribution is -2.19. The van der Waals surface area contributed by atoms with Crippen LogP contribution < -0.4 is 0 Å². The Balaban J connectivity index is 3.96. The van der Waals surface area contributed by atoms with Crippen molar-refractivity contribution >= 4 is 9.24 Å². The molecular formula is C11H25P. The minimum absolute atomic E-state index is 0.758. The van der Waals surface area contributed by atoms with Crippen LogP contribution in [0.4, 0.5) is 0 Å². The van der Waals surface area contributed by atoms with Crippen LogP contribution >= 0.6 is 9.24 Å². The Hall–Kier alpha value is 0.430. The Labute approximate surface area is 80.7 Å². The van der Waals surface area contributed by atoms with E-state index in [1.807, 2.05) is 0 Å². The van der Waals surface area contributed by atoms with Crippen LogP contribution in [0, 0.1) is 17.8 Å². The molecule has 1 heteroatoms. The first kappa shape index (κ1) is 12.4. The second kappa shape index (κ2) is 5.97. The van der Waals surface area contributed by atoms with Crippen molar-refractivity contribution in [3.05, 3.63) is 0 Å². The molecule has 0 amide bonds. The Kier molecular flexibility index (Phi) is 6.19. The van der Waals surface area contributed by atoms with Crippen molar-refractivity contribution in [3.8, 4) is 0 Å². The molecule has 0 aromatic rings. The molecule has 4 atom stereocenters. The van der Waals surface area contributed by atoms with Gasteiger partial charge in [0, 0.05) is 0 Å². The maximum atomic E-state index is 2.93. The molecule has 0 aliphatic rings. The Morgan fingerprint density at radius 1 is 1.08 bits per heavy atom. The highest BCUT2D eigenvalue weighted by Gasteiger charge is 2.19. The zero-order chi connectivity index (χ0) is 9.72. The zero-order valence-corrected chi connectivity index (χ0v) is 10.5. The van der Waals surface area contributed by atoms with Gasteiger partial charge in [0.05, 0.1) is 0 Å². The first-order chi connectivity index (χ1) is 5.49. The van der Waals surface area contributed by atoms with Gasteiger partial charge in [-0.1, -0.05) is 41.0 Å². The highest BCUT2D eigenvalue weighted by atomic mass is 31.0. The van der Waals surface area contributed by atoms with Crippen molar-refractivity contribution in [3.63, 3.8) is 0 Å². The van der Waals surface area contributed by atoms with Crippen molar-refractivity contribution in [1.29, 1.82) is 0 Å². The van der Waals surface area contributed by atoms with E-state index in [0.29, 0.717) is 0 Å². The number of hydrogen-bond donors (Lipinski definition) is 0. The third kappa shape index (κ3) is 4.45. The molecule has 0 saturated heterocycles. The lowest BCUT2D eigenvalue weighted by molar-refractivity contribution is 0.289. The van der Waals surface area contributed by atoms with Gasteiger partial charge in [0.2, 0.25) is 0 Å². The summed E-state index contributed by atoms with van der Waals surface area (Å²) in [5.74, 6) is 2.61. The average Bonchev–Trinajstić information content (AvgIpc) is 1.98. The Bertz CT molecular complexity index is 108. The van der Waals surface area contributed by atoms with Crippen LogP contribution in [0.5, 0.6) is 0 Å². The van der Waals surface area contributed by atoms with E-state index in [2.05, 4.69) is 43.9 Å². The van der Waals surface area contributed by atoms with Gasteiger partial charge in [0.1, 0.15) is 0 Å². The number of rotatable bonds is 5. The minimum Gasteiger partial charge on any atom is -0.134 e. The van der Waals surface area contributed by atoms with Gasteiger partial charge in [-0.05, 0) is 29.8 Å². The molecule has 0 saturated carbocycles. The lowest BCUT2D eigenvalue weighted by atomic mass is 9.83. The summed E-state index contributed by atoms with van der Waals surface area (Å²) in [7, 11) is 2.93. The van der Waals surface area contributed by atoms with E-state index in [1.165, 1.54) is 12.8 Å². The summed E-state index contributed by atoms with van der Waals surface area (Å²) in [5.41, 5.74) is 0.758. The molecule has 0 radical (unpaired) electrons. The van der Waals surface area contributed by atoms with Gasteiger partial charge in [0.25, 0.3) is 0 Å². The summed E-state index contributed by atoms with van der Waals surface area (Å²) >= 11 is 0. The van der Waals surface area contributed by atoms with Crippen molar-refractivity contribution in [1.82, 2.24) is 0 Å². The molecule has 0 heterocycles. The summed E-state index contributed by atoms with van der Waals surface area (Å²) in [6, 6.07) is 0. The molecule has 12 heavy (non-hydrogen) atoms. The molecular weight excluding hydrogens is 163 g/mol. The third-order valence-corrected chi connectivity index (χ3v) is 3.48. The van der Waals surface area contributed by atoms with Gasteiger partial charge >= 0.3 is 0 Å². The van der Waals surface area contributed by atoms with Crippen LogP contribution in [0.25, 0.3) is 0 Å². The first-order valence-corrected chi connectivity index (χ1v) is 5.91. The highest BCUT2D eigenvalue weighted by Crippen LogP contribution is 2.28. The van der Waals surface area contributed by atoms with Gasteiger partial charge in [-0.25, -0.2) is 0 Å². The van der Waals surface area contributed by atoms with E-state index in [0.717, 1.165) is 23.4 Å². The molecule has 0 spiro atoms.